The van der Waals surface area contributed by atoms with Gasteiger partial charge in [0.2, 0.25) is 0 Å². The van der Waals surface area contributed by atoms with Gasteiger partial charge in [-0.1, -0.05) is 13.8 Å². The van der Waals surface area contributed by atoms with Crippen LogP contribution in [0.1, 0.15) is 39.6 Å². The van der Waals surface area contributed by atoms with Crippen molar-refractivity contribution in [2.45, 2.75) is 39.8 Å². The first-order valence-corrected chi connectivity index (χ1v) is 4.72. The van der Waals surface area contributed by atoms with Crippen LogP contribution in [0.5, 0.6) is 0 Å². The van der Waals surface area contributed by atoms with E-state index >= 15 is 0 Å². The van der Waals surface area contributed by atoms with E-state index in [9.17, 15) is 0 Å². The molecule has 2 unspecified atom stereocenters. The quantitative estimate of drug-likeness (QED) is 0.742. The molecule has 0 aliphatic rings. The lowest BCUT2D eigenvalue weighted by Gasteiger charge is -2.21. The molecule has 74 valence electrons. The van der Waals surface area contributed by atoms with Gasteiger partial charge in [-0.3, -0.25) is 5.10 Å². The fourth-order valence-corrected chi connectivity index (χ4v) is 1.09. The van der Waals surface area contributed by atoms with Crippen LogP contribution in [0.15, 0.2) is 6.33 Å². The molecule has 4 nitrogen and oxygen atoms in total. The summed E-state index contributed by atoms with van der Waals surface area (Å²) in [6.07, 6.45) is 1.54. The predicted molar refractivity (Wildman–Crippen MR) is 52.2 cm³/mol. The molecular weight excluding hydrogens is 164 g/mol. The van der Waals surface area contributed by atoms with E-state index in [0.717, 1.165) is 5.82 Å². The summed E-state index contributed by atoms with van der Waals surface area (Å²) in [5, 5.41) is 10.1. The number of aromatic amines is 1. The standard InChI is InChI=1S/C9H18N4/c1-6(2)7(3)12-8(4)9-10-5-11-13-9/h5-8,12H,1-4H3,(H,10,11,13). The molecule has 1 heterocycles. The van der Waals surface area contributed by atoms with Gasteiger partial charge in [0.05, 0.1) is 6.04 Å². The average Bonchev–Trinajstić information content (AvgIpc) is 2.55. The second kappa shape index (κ2) is 4.37. The lowest BCUT2D eigenvalue weighted by Crippen LogP contribution is -2.33. The SMILES string of the molecule is CC(NC(C)C(C)C)c1ncn[nH]1. The fourth-order valence-electron chi connectivity index (χ4n) is 1.09. The van der Waals surface area contributed by atoms with Crippen LogP contribution in [-0.4, -0.2) is 21.2 Å². The highest BCUT2D eigenvalue weighted by molar-refractivity contribution is 4.89. The van der Waals surface area contributed by atoms with Crippen LogP contribution >= 0.6 is 0 Å². The van der Waals surface area contributed by atoms with E-state index in [1.165, 1.54) is 6.33 Å². The Morgan fingerprint density at radius 3 is 2.46 bits per heavy atom. The van der Waals surface area contributed by atoms with Crippen LogP contribution in [-0.2, 0) is 0 Å². The molecule has 0 saturated heterocycles. The van der Waals surface area contributed by atoms with Crippen molar-refractivity contribution in [1.82, 2.24) is 20.5 Å². The number of rotatable bonds is 4. The van der Waals surface area contributed by atoms with Gasteiger partial charge in [-0.15, -0.1) is 0 Å². The lowest BCUT2D eigenvalue weighted by molar-refractivity contribution is 0.381. The van der Waals surface area contributed by atoms with Crippen molar-refractivity contribution in [3.8, 4) is 0 Å². The summed E-state index contributed by atoms with van der Waals surface area (Å²) in [6, 6.07) is 0.722. The average molecular weight is 182 g/mol. The molecule has 0 saturated carbocycles. The first kappa shape index (κ1) is 10.2. The molecule has 0 spiro atoms. The highest BCUT2D eigenvalue weighted by Crippen LogP contribution is 2.09. The van der Waals surface area contributed by atoms with Crippen LogP contribution in [0.3, 0.4) is 0 Å². The Bertz CT molecular complexity index is 230. The molecule has 2 atom stereocenters. The molecule has 0 amide bonds. The third-order valence-corrected chi connectivity index (χ3v) is 2.36. The minimum absolute atomic E-state index is 0.236. The molecule has 4 heteroatoms. The van der Waals surface area contributed by atoms with E-state index in [0.29, 0.717) is 12.0 Å². The van der Waals surface area contributed by atoms with Gasteiger partial charge in [-0.05, 0) is 19.8 Å². The molecule has 0 fully saturated rings. The molecule has 1 rings (SSSR count). The zero-order valence-electron chi connectivity index (χ0n) is 8.70. The van der Waals surface area contributed by atoms with Crippen LogP contribution in [0, 0.1) is 5.92 Å². The lowest BCUT2D eigenvalue weighted by atomic mass is 10.1. The van der Waals surface area contributed by atoms with Crippen molar-refractivity contribution in [2.75, 3.05) is 0 Å². The number of hydrogen-bond acceptors (Lipinski definition) is 3. The summed E-state index contributed by atoms with van der Waals surface area (Å²) >= 11 is 0. The van der Waals surface area contributed by atoms with Gasteiger partial charge < -0.3 is 5.32 Å². The van der Waals surface area contributed by atoms with Crippen molar-refractivity contribution in [3.05, 3.63) is 12.2 Å². The van der Waals surface area contributed by atoms with E-state index in [1.807, 2.05) is 0 Å². The van der Waals surface area contributed by atoms with E-state index in [-0.39, 0.29) is 6.04 Å². The van der Waals surface area contributed by atoms with Crippen LogP contribution < -0.4 is 5.32 Å². The monoisotopic (exact) mass is 182 g/mol. The number of H-pyrrole nitrogens is 1. The van der Waals surface area contributed by atoms with E-state index < -0.39 is 0 Å². The molecule has 1 aromatic heterocycles. The maximum Gasteiger partial charge on any atom is 0.141 e. The minimum Gasteiger partial charge on any atom is -0.305 e. The Labute approximate surface area is 79.2 Å². The zero-order valence-corrected chi connectivity index (χ0v) is 8.70. The second-order valence-electron chi connectivity index (χ2n) is 3.79. The Balaban J connectivity index is 2.46. The number of hydrogen-bond donors (Lipinski definition) is 2. The van der Waals surface area contributed by atoms with E-state index in [4.69, 9.17) is 0 Å². The summed E-state index contributed by atoms with van der Waals surface area (Å²) in [6.45, 7) is 8.66. The van der Waals surface area contributed by atoms with Crippen molar-refractivity contribution in [2.24, 2.45) is 5.92 Å². The highest BCUT2D eigenvalue weighted by atomic mass is 15.2. The fraction of sp³-hybridized carbons (Fsp3) is 0.778. The third kappa shape index (κ3) is 2.81. The maximum atomic E-state index is 4.10. The normalized spacial score (nSPS) is 16.1. The van der Waals surface area contributed by atoms with Crippen molar-refractivity contribution >= 4 is 0 Å². The van der Waals surface area contributed by atoms with Crippen molar-refractivity contribution < 1.29 is 0 Å². The first-order valence-electron chi connectivity index (χ1n) is 4.72. The van der Waals surface area contributed by atoms with Gasteiger partial charge in [0, 0.05) is 6.04 Å². The minimum atomic E-state index is 0.236. The van der Waals surface area contributed by atoms with Crippen LogP contribution in [0.2, 0.25) is 0 Å². The van der Waals surface area contributed by atoms with Gasteiger partial charge in [-0.2, -0.15) is 5.10 Å². The van der Waals surface area contributed by atoms with Gasteiger partial charge in [0.1, 0.15) is 12.2 Å². The molecular formula is C9H18N4. The Hall–Kier alpha value is -0.900. The van der Waals surface area contributed by atoms with Gasteiger partial charge in [0.25, 0.3) is 0 Å². The Morgan fingerprint density at radius 1 is 1.31 bits per heavy atom. The largest absolute Gasteiger partial charge is 0.305 e. The Morgan fingerprint density at radius 2 is 2.00 bits per heavy atom. The molecule has 0 aliphatic carbocycles. The summed E-state index contributed by atoms with van der Waals surface area (Å²) in [5.74, 6) is 1.53. The summed E-state index contributed by atoms with van der Waals surface area (Å²) in [7, 11) is 0. The molecule has 0 bridgehead atoms. The summed E-state index contributed by atoms with van der Waals surface area (Å²) in [5.41, 5.74) is 0. The molecule has 0 aromatic carbocycles. The molecule has 13 heavy (non-hydrogen) atoms. The van der Waals surface area contributed by atoms with Gasteiger partial charge in [-0.25, -0.2) is 4.98 Å². The number of aromatic nitrogens is 3. The molecule has 0 aliphatic heterocycles. The van der Waals surface area contributed by atoms with Crippen LogP contribution in [0.4, 0.5) is 0 Å². The third-order valence-electron chi connectivity index (χ3n) is 2.36. The highest BCUT2D eigenvalue weighted by Gasteiger charge is 2.13. The van der Waals surface area contributed by atoms with Gasteiger partial charge in [0.15, 0.2) is 0 Å². The van der Waals surface area contributed by atoms with Gasteiger partial charge >= 0.3 is 0 Å². The molecule has 0 radical (unpaired) electrons. The van der Waals surface area contributed by atoms with Crippen molar-refractivity contribution in [1.29, 1.82) is 0 Å². The second-order valence-corrected chi connectivity index (χ2v) is 3.79. The smallest absolute Gasteiger partial charge is 0.141 e. The summed E-state index contributed by atoms with van der Waals surface area (Å²) < 4.78 is 0. The van der Waals surface area contributed by atoms with Crippen LogP contribution in [0.25, 0.3) is 0 Å². The first-order chi connectivity index (χ1) is 6.11. The number of nitrogens with one attached hydrogen (secondary N) is 2. The molecule has 1 aromatic rings. The summed E-state index contributed by atoms with van der Waals surface area (Å²) in [4.78, 5) is 4.10. The predicted octanol–water partition coefficient (Wildman–Crippen LogP) is 1.50. The maximum absolute atomic E-state index is 4.10. The van der Waals surface area contributed by atoms with E-state index in [1.54, 1.807) is 0 Å². The van der Waals surface area contributed by atoms with Crippen molar-refractivity contribution in [3.63, 3.8) is 0 Å². The molecule has 2 N–H and O–H groups in total. The topological polar surface area (TPSA) is 53.6 Å². The van der Waals surface area contributed by atoms with E-state index in [2.05, 4.69) is 48.2 Å². The zero-order chi connectivity index (χ0) is 9.84. The number of nitrogens with zero attached hydrogens (tertiary/aromatic N) is 2. The Kier molecular flexibility index (Phi) is 3.42.